The molecule has 37 heavy (non-hydrogen) atoms. The van der Waals surface area contributed by atoms with Crippen LogP contribution in [0.1, 0.15) is 25.0 Å². The first-order chi connectivity index (χ1) is 17.6. The van der Waals surface area contributed by atoms with Gasteiger partial charge in [-0.1, -0.05) is 74.5 Å². The summed E-state index contributed by atoms with van der Waals surface area (Å²) < 4.78 is 35.3. The molecule has 1 amide bonds. The molecule has 1 fully saturated rings. The summed E-state index contributed by atoms with van der Waals surface area (Å²) in [6, 6.07) is 18.1. The monoisotopic (exact) mass is 532 g/mol. The molecule has 2 aromatic carbocycles. The van der Waals surface area contributed by atoms with Crippen molar-refractivity contribution in [1.29, 1.82) is 0 Å². The van der Waals surface area contributed by atoms with Crippen molar-refractivity contribution in [2.45, 2.75) is 39.0 Å². The van der Waals surface area contributed by atoms with Gasteiger partial charge in [0.05, 0.1) is 12.1 Å². The second-order valence-electron chi connectivity index (χ2n) is 9.99. The van der Waals surface area contributed by atoms with E-state index in [4.69, 9.17) is 4.74 Å². The fraction of sp³-hybridized carbons (Fsp3) is 0.519. The predicted molar refractivity (Wildman–Crippen MR) is 144 cm³/mol. The van der Waals surface area contributed by atoms with Crippen LogP contribution in [0.15, 0.2) is 60.7 Å². The third-order valence-corrected chi connectivity index (χ3v) is 8.32. The number of aliphatic hydroxyl groups is 1. The molecule has 0 bridgehead atoms. The van der Waals surface area contributed by atoms with Gasteiger partial charge in [0.25, 0.3) is 10.2 Å². The van der Waals surface area contributed by atoms with Crippen molar-refractivity contribution < 1.29 is 23.1 Å². The van der Waals surface area contributed by atoms with Gasteiger partial charge < -0.3 is 20.1 Å². The number of aliphatic hydroxyl groups excluding tert-OH is 1. The molecule has 1 saturated heterocycles. The van der Waals surface area contributed by atoms with Crippen LogP contribution in [0.3, 0.4) is 0 Å². The Balaban J connectivity index is 1.74. The lowest BCUT2D eigenvalue weighted by Crippen LogP contribution is -2.56. The summed E-state index contributed by atoms with van der Waals surface area (Å²) in [4.78, 5) is 14.8. The van der Waals surface area contributed by atoms with Gasteiger partial charge in [0, 0.05) is 39.3 Å². The molecule has 9 nitrogen and oxygen atoms in total. The van der Waals surface area contributed by atoms with Crippen LogP contribution in [0.4, 0.5) is 4.79 Å². The Labute approximate surface area is 221 Å². The minimum atomic E-state index is -3.78. The molecule has 204 valence electrons. The summed E-state index contributed by atoms with van der Waals surface area (Å²) in [6.07, 6.45) is -1.49. The molecule has 2 N–H and O–H groups in total. The Morgan fingerprint density at radius 2 is 1.54 bits per heavy atom. The number of carbonyl (C=O) groups excluding carboxylic acids is 1. The Morgan fingerprint density at radius 1 is 0.973 bits per heavy atom. The number of likely N-dealkylation sites (N-methyl/N-ethyl adjacent to an activating group) is 1. The van der Waals surface area contributed by atoms with Crippen LogP contribution in [0.2, 0.25) is 0 Å². The number of hydrogen-bond acceptors (Lipinski definition) is 6. The first-order valence-electron chi connectivity index (χ1n) is 12.8. The minimum Gasteiger partial charge on any atom is -0.445 e. The maximum absolute atomic E-state index is 13.5. The molecule has 0 spiro atoms. The third-order valence-electron chi connectivity index (χ3n) is 6.35. The van der Waals surface area contributed by atoms with E-state index in [0.717, 1.165) is 11.1 Å². The van der Waals surface area contributed by atoms with Gasteiger partial charge in [-0.05, 0) is 30.5 Å². The molecule has 2 aromatic rings. The third kappa shape index (κ3) is 9.08. The van der Waals surface area contributed by atoms with Crippen LogP contribution in [0.5, 0.6) is 0 Å². The van der Waals surface area contributed by atoms with E-state index in [9.17, 15) is 18.3 Å². The second-order valence-corrected chi connectivity index (χ2v) is 11.9. The molecule has 0 saturated carbocycles. The number of amides is 1. The van der Waals surface area contributed by atoms with Crippen LogP contribution in [0.25, 0.3) is 0 Å². The van der Waals surface area contributed by atoms with E-state index in [2.05, 4.69) is 10.2 Å². The Bertz CT molecular complexity index is 1060. The molecule has 2 atom stereocenters. The van der Waals surface area contributed by atoms with Gasteiger partial charge in [-0.25, -0.2) is 4.79 Å². The molecule has 0 unspecified atom stereocenters. The van der Waals surface area contributed by atoms with Gasteiger partial charge in [0.2, 0.25) is 0 Å². The number of ether oxygens (including phenoxy) is 1. The summed E-state index contributed by atoms with van der Waals surface area (Å²) >= 11 is 0. The summed E-state index contributed by atoms with van der Waals surface area (Å²) in [7, 11) is -1.81. The van der Waals surface area contributed by atoms with Gasteiger partial charge in [0.15, 0.2) is 0 Å². The van der Waals surface area contributed by atoms with Crippen molar-refractivity contribution >= 4 is 16.3 Å². The maximum atomic E-state index is 13.5. The van der Waals surface area contributed by atoms with Crippen molar-refractivity contribution in [1.82, 2.24) is 18.8 Å². The topological polar surface area (TPSA) is 102 Å². The molecule has 0 radical (unpaired) electrons. The summed E-state index contributed by atoms with van der Waals surface area (Å²) in [5.41, 5.74) is 1.76. The van der Waals surface area contributed by atoms with Crippen LogP contribution in [-0.4, -0.2) is 91.6 Å². The van der Waals surface area contributed by atoms with E-state index in [1.165, 1.54) is 8.61 Å². The fourth-order valence-electron chi connectivity index (χ4n) is 4.26. The average Bonchev–Trinajstić information content (AvgIpc) is 2.88. The largest absolute Gasteiger partial charge is 0.445 e. The average molecular weight is 533 g/mol. The number of piperazine rings is 1. The molecule has 1 heterocycles. The Kier molecular flexibility index (Phi) is 10.9. The van der Waals surface area contributed by atoms with E-state index in [-0.39, 0.29) is 25.6 Å². The van der Waals surface area contributed by atoms with Gasteiger partial charge in [0.1, 0.15) is 6.61 Å². The fourth-order valence-corrected chi connectivity index (χ4v) is 6.03. The van der Waals surface area contributed by atoms with Crippen LogP contribution >= 0.6 is 0 Å². The molecule has 1 aliphatic rings. The summed E-state index contributed by atoms with van der Waals surface area (Å²) in [5, 5.41) is 14.1. The smallest absolute Gasteiger partial charge is 0.407 e. The number of hydrogen-bond donors (Lipinski definition) is 2. The normalized spacial score (nSPS) is 17.0. The highest BCUT2D eigenvalue weighted by Gasteiger charge is 2.35. The van der Waals surface area contributed by atoms with Crippen LogP contribution in [0, 0.1) is 5.92 Å². The van der Waals surface area contributed by atoms with Crippen LogP contribution < -0.4 is 5.32 Å². The Hall–Kier alpha value is -2.50. The second kappa shape index (κ2) is 13.9. The lowest BCUT2D eigenvalue weighted by atomic mass is 10.0. The van der Waals surface area contributed by atoms with Gasteiger partial charge in [-0.15, -0.1) is 0 Å². The number of carbonyl (C=O) groups is 1. The van der Waals surface area contributed by atoms with Crippen molar-refractivity contribution in [3.05, 3.63) is 71.8 Å². The summed E-state index contributed by atoms with van der Waals surface area (Å²) in [5.74, 6) is 0.0609. The molecule has 0 aliphatic carbocycles. The number of nitrogens with one attached hydrogen (secondary N) is 1. The highest BCUT2D eigenvalue weighted by Crippen LogP contribution is 2.17. The standard InChI is InChI=1S/C27H40N4O5S/c1-22(2)19-31(37(34,35)30-16-14-29(3)15-17-30)20-26(32)25(18-23-10-6-4-7-11-23)28-27(33)36-21-24-12-8-5-9-13-24/h4-13,22,25-26,32H,14-21H2,1-3H3,(H,28,33)/t25-,26+/m0/s1. The summed E-state index contributed by atoms with van der Waals surface area (Å²) in [6.45, 7) is 6.23. The van der Waals surface area contributed by atoms with Crippen molar-refractivity contribution in [2.75, 3.05) is 46.3 Å². The van der Waals surface area contributed by atoms with Crippen molar-refractivity contribution in [3.63, 3.8) is 0 Å². The molecule has 0 aromatic heterocycles. The number of benzene rings is 2. The SMILES string of the molecule is CC(C)CN(C[C@@H](O)[C@H](Cc1ccccc1)NC(=O)OCc1ccccc1)S(=O)(=O)N1CCN(C)CC1. The quantitative estimate of drug-likeness (QED) is 0.435. The first-order valence-corrected chi connectivity index (χ1v) is 14.2. The molecule has 1 aliphatic heterocycles. The molecule has 3 rings (SSSR count). The van der Waals surface area contributed by atoms with E-state index in [0.29, 0.717) is 32.6 Å². The number of nitrogens with zero attached hydrogens (tertiary/aromatic N) is 3. The van der Waals surface area contributed by atoms with Crippen LogP contribution in [-0.2, 0) is 28.0 Å². The van der Waals surface area contributed by atoms with E-state index in [1.54, 1.807) is 0 Å². The zero-order valence-electron chi connectivity index (χ0n) is 22.0. The zero-order chi connectivity index (χ0) is 26.8. The molecule has 10 heteroatoms. The number of rotatable bonds is 12. The van der Waals surface area contributed by atoms with Crippen molar-refractivity contribution in [3.8, 4) is 0 Å². The Morgan fingerprint density at radius 3 is 2.11 bits per heavy atom. The molecular formula is C27H40N4O5S. The van der Waals surface area contributed by atoms with E-state index >= 15 is 0 Å². The lowest BCUT2D eigenvalue weighted by Gasteiger charge is -2.37. The predicted octanol–water partition coefficient (Wildman–Crippen LogP) is 2.34. The van der Waals surface area contributed by atoms with E-state index in [1.807, 2.05) is 81.6 Å². The van der Waals surface area contributed by atoms with Crippen molar-refractivity contribution in [2.24, 2.45) is 5.92 Å². The van der Waals surface area contributed by atoms with Gasteiger partial charge in [-0.2, -0.15) is 17.0 Å². The molecular weight excluding hydrogens is 492 g/mol. The minimum absolute atomic E-state index is 0.0609. The highest BCUT2D eigenvalue weighted by molar-refractivity contribution is 7.86. The van der Waals surface area contributed by atoms with Gasteiger partial charge in [-0.3, -0.25) is 0 Å². The zero-order valence-corrected chi connectivity index (χ0v) is 22.8. The maximum Gasteiger partial charge on any atom is 0.407 e. The van der Waals surface area contributed by atoms with E-state index < -0.39 is 28.4 Å². The van der Waals surface area contributed by atoms with Gasteiger partial charge >= 0.3 is 6.09 Å². The lowest BCUT2D eigenvalue weighted by molar-refractivity contribution is 0.0852. The first kappa shape index (κ1) is 29.1. The number of alkyl carbamates (subject to hydrolysis) is 1. The highest BCUT2D eigenvalue weighted by atomic mass is 32.2.